The number of hydrogen-bond donors (Lipinski definition) is 0. The molecule has 100 valence electrons. The zero-order chi connectivity index (χ0) is 12.9. The van der Waals surface area contributed by atoms with Crippen LogP contribution < -0.4 is 0 Å². The molecule has 0 aromatic carbocycles. The van der Waals surface area contributed by atoms with E-state index in [1.165, 1.54) is 38.5 Å². The predicted octanol–water partition coefficient (Wildman–Crippen LogP) is 5.83. The van der Waals surface area contributed by atoms with Crippen molar-refractivity contribution in [2.75, 3.05) is 0 Å². The second-order valence-electron chi connectivity index (χ2n) is 6.54. The molecule has 0 radical (unpaired) electrons. The van der Waals surface area contributed by atoms with Crippen LogP contribution in [-0.2, 0) is 0 Å². The highest BCUT2D eigenvalue weighted by atomic mass is 14.5. The third-order valence-corrected chi connectivity index (χ3v) is 5.00. The first-order valence-corrected chi connectivity index (χ1v) is 7.71. The summed E-state index contributed by atoms with van der Waals surface area (Å²) in [6, 6.07) is 0. The summed E-state index contributed by atoms with van der Waals surface area (Å²) in [6.45, 7) is 11.8. The molecule has 1 rings (SSSR count). The summed E-state index contributed by atoms with van der Waals surface area (Å²) in [6.07, 6.45) is 13.1. The van der Waals surface area contributed by atoms with E-state index in [1.54, 1.807) is 0 Å². The molecule has 0 heterocycles. The largest absolute Gasteiger partial charge is 0.0880 e. The van der Waals surface area contributed by atoms with Gasteiger partial charge in [-0.3, -0.25) is 0 Å². The molecule has 0 saturated heterocycles. The van der Waals surface area contributed by atoms with Crippen molar-refractivity contribution in [2.24, 2.45) is 23.2 Å². The molecule has 1 saturated carbocycles. The minimum atomic E-state index is 0.565. The molecule has 4 atom stereocenters. The van der Waals surface area contributed by atoms with Crippen molar-refractivity contribution in [3.8, 4) is 0 Å². The van der Waals surface area contributed by atoms with E-state index in [4.69, 9.17) is 0 Å². The first-order chi connectivity index (χ1) is 8.03. The van der Waals surface area contributed by atoms with E-state index in [0.717, 1.165) is 17.8 Å². The Morgan fingerprint density at radius 2 is 1.94 bits per heavy atom. The molecular weight excluding hydrogens is 204 g/mol. The first-order valence-electron chi connectivity index (χ1n) is 7.71. The maximum Gasteiger partial charge on any atom is -0.0115 e. The highest BCUT2D eigenvalue weighted by Crippen LogP contribution is 2.55. The molecule has 1 fully saturated rings. The molecular formula is C17H32. The molecule has 17 heavy (non-hydrogen) atoms. The lowest BCUT2D eigenvalue weighted by Crippen LogP contribution is -2.06. The Hall–Kier alpha value is -0.260. The summed E-state index contributed by atoms with van der Waals surface area (Å²) in [5, 5.41) is 0. The van der Waals surface area contributed by atoms with Gasteiger partial charge in [0.2, 0.25) is 0 Å². The minimum absolute atomic E-state index is 0.565. The second-order valence-corrected chi connectivity index (χ2v) is 6.54. The van der Waals surface area contributed by atoms with Crippen molar-refractivity contribution in [2.45, 2.75) is 73.1 Å². The lowest BCUT2D eigenvalue weighted by molar-refractivity contribution is 0.357. The molecule has 0 heteroatoms. The molecule has 1 aliphatic rings. The van der Waals surface area contributed by atoms with Crippen LogP contribution in [0, 0.1) is 23.2 Å². The van der Waals surface area contributed by atoms with Crippen molar-refractivity contribution in [3.05, 3.63) is 12.2 Å². The van der Waals surface area contributed by atoms with Gasteiger partial charge >= 0.3 is 0 Å². The van der Waals surface area contributed by atoms with Crippen LogP contribution >= 0.6 is 0 Å². The molecule has 1 aliphatic carbocycles. The van der Waals surface area contributed by atoms with Crippen LogP contribution in [0.2, 0.25) is 0 Å². The monoisotopic (exact) mass is 236 g/mol. The van der Waals surface area contributed by atoms with E-state index in [1.807, 2.05) is 0 Å². The molecule has 4 unspecified atom stereocenters. The fourth-order valence-electron chi connectivity index (χ4n) is 2.85. The van der Waals surface area contributed by atoms with Crippen LogP contribution in [0.15, 0.2) is 12.2 Å². The van der Waals surface area contributed by atoms with E-state index >= 15 is 0 Å². The Bertz CT molecular complexity index is 240. The van der Waals surface area contributed by atoms with Crippen LogP contribution in [0.25, 0.3) is 0 Å². The topological polar surface area (TPSA) is 0 Å². The van der Waals surface area contributed by atoms with E-state index in [0.29, 0.717) is 5.41 Å². The Morgan fingerprint density at radius 3 is 2.53 bits per heavy atom. The van der Waals surface area contributed by atoms with Crippen molar-refractivity contribution < 1.29 is 0 Å². The van der Waals surface area contributed by atoms with Gasteiger partial charge in [0.05, 0.1) is 0 Å². The SMILES string of the molecule is CCCC1CC1(C)/C=C\CCC(C)C(C)CC. The van der Waals surface area contributed by atoms with Gasteiger partial charge in [0.15, 0.2) is 0 Å². The van der Waals surface area contributed by atoms with E-state index < -0.39 is 0 Å². The Morgan fingerprint density at radius 1 is 1.24 bits per heavy atom. The third-order valence-electron chi connectivity index (χ3n) is 5.00. The van der Waals surface area contributed by atoms with Crippen LogP contribution in [0.4, 0.5) is 0 Å². The molecule has 0 aromatic rings. The number of rotatable bonds is 8. The van der Waals surface area contributed by atoms with E-state index in [2.05, 4.69) is 46.8 Å². The van der Waals surface area contributed by atoms with Gasteiger partial charge in [-0.05, 0) is 48.9 Å². The smallest absolute Gasteiger partial charge is 0.0115 e. The van der Waals surface area contributed by atoms with Crippen molar-refractivity contribution >= 4 is 0 Å². The van der Waals surface area contributed by atoms with Crippen LogP contribution in [0.5, 0.6) is 0 Å². The molecule has 0 N–H and O–H groups in total. The standard InChI is InChI=1S/C17H32/c1-6-10-16-13-17(16,5)12-9-8-11-15(4)14(3)7-2/h9,12,14-16H,6-8,10-11,13H2,1-5H3/b12-9-. The Labute approximate surface area is 109 Å². The van der Waals surface area contributed by atoms with E-state index in [9.17, 15) is 0 Å². The maximum absolute atomic E-state index is 2.51. The minimum Gasteiger partial charge on any atom is -0.0880 e. The summed E-state index contributed by atoms with van der Waals surface area (Å²) < 4.78 is 0. The lowest BCUT2D eigenvalue weighted by atomic mass is 9.89. The molecule has 0 spiro atoms. The second kappa shape index (κ2) is 6.61. The van der Waals surface area contributed by atoms with Gasteiger partial charge < -0.3 is 0 Å². The van der Waals surface area contributed by atoms with Gasteiger partial charge in [-0.25, -0.2) is 0 Å². The predicted molar refractivity (Wildman–Crippen MR) is 78.1 cm³/mol. The highest BCUT2D eigenvalue weighted by Gasteiger charge is 2.46. The van der Waals surface area contributed by atoms with Crippen LogP contribution in [0.1, 0.15) is 73.1 Å². The quantitative estimate of drug-likeness (QED) is 0.465. The maximum atomic E-state index is 2.51. The Balaban J connectivity index is 2.19. The summed E-state index contributed by atoms with van der Waals surface area (Å²) in [5.74, 6) is 2.74. The van der Waals surface area contributed by atoms with Crippen LogP contribution in [0.3, 0.4) is 0 Å². The average Bonchev–Trinajstić information content (AvgIpc) is 2.95. The summed E-state index contributed by atoms with van der Waals surface area (Å²) in [7, 11) is 0. The zero-order valence-corrected chi connectivity index (χ0v) is 12.6. The lowest BCUT2D eigenvalue weighted by Gasteiger charge is -2.17. The molecule has 0 aromatic heterocycles. The molecule has 0 nitrogen and oxygen atoms in total. The fraction of sp³-hybridized carbons (Fsp3) is 0.882. The van der Waals surface area contributed by atoms with Crippen molar-refractivity contribution in [3.63, 3.8) is 0 Å². The zero-order valence-electron chi connectivity index (χ0n) is 12.6. The van der Waals surface area contributed by atoms with E-state index in [-0.39, 0.29) is 0 Å². The third kappa shape index (κ3) is 4.48. The van der Waals surface area contributed by atoms with Crippen molar-refractivity contribution in [1.29, 1.82) is 0 Å². The first kappa shape index (κ1) is 14.8. The molecule has 0 aliphatic heterocycles. The average molecular weight is 236 g/mol. The van der Waals surface area contributed by atoms with Gasteiger partial charge in [0.25, 0.3) is 0 Å². The number of allylic oxidation sites excluding steroid dienone is 2. The fourth-order valence-corrected chi connectivity index (χ4v) is 2.85. The van der Waals surface area contributed by atoms with Gasteiger partial charge in [-0.15, -0.1) is 0 Å². The summed E-state index contributed by atoms with van der Waals surface area (Å²) in [5.41, 5.74) is 0.565. The normalized spacial score (nSPS) is 31.7. The highest BCUT2D eigenvalue weighted by molar-refractivity contribution is 5.12. The van der Waals surface area contributed by atoms with Crippen LogP contribution in [-0.4, -0.2) is 0 Å². The van der Waals surface area contributed by atoms with Gasteiger partial charge in [0, 0.05) is 0 Å². The summed E-state index contributed by atoms with van der Waals surface area (Å²) in [4.78, 5) is 0. The van der Waals surface area contributed by atoms with Gasteiger partial charge in [0.1, 0.15) is 0 Å². The summed E-state index contributed by atoms with van der Waals surface area (Å²) >= 11 is 0. The van der Waals surface area contributed by atoms with Gasteiger partial charge in [-0.1, -0.05) is 59.6 Å². The van der Waals surface area contributed by atoms with Crippen molar-refractivity contribution in [1.82, 2.24) is 0 Å². The number of hydrogen-bond acceptors (Lipinski definition) is 0. The van der Waals surface area contributed by atoms with Gasteiger partial charge in [-0.2, -0.15) is 0 Å². The molecule has 0 bridgehead atoms. The Kier molecular flexibility index (Phi) is 5.76. The molecule has 0 amide bonds.